The van der Waals surface area contributed by atoms with E-state index in [9.17, 15) is 5.11 Å². The van der Waals surface area contributed by atoms with Crippen molar-refractivity contribution in [2.24, 2.45) is 0 Å². The van der Waals surface area contributed by atoms with Gasteiger partial charge in [0.2, 0.25) is 0 Å². The maximum Gasteiger partial charge on any atom is 0.116 e. The van der Waals surface area contributed by atoms with Crippen molar-refractivity contribution in [2.45, 2.75) is 46.5 Å². The first-order valence-corrected chi connectivity index (χ1v) is 8.00. The summed E-state index contributed by atoms with van der Waals surface area (Å²) in [6, 6.07) is 8.00. The number of allylic oxidation sites excluding steroid dienone is 5. The molecule has 1 nitrogen and oxygen atoms in total. The molecule has 1 heteroatoms. The molecule has 0 heterocycles. The van der Waals surface area contributed by atoms with E-state index >= 15 is 0 Å². The van der Waals surface area contributed by atoms with Gasteiger partial charge in [-0.15, -0.1) is 0 Å². The van der Waals surface area contributed by atoms with Crippen molar-refractivity contribution in [3.05, 3.63) is 72.0 Å². The molecule has 1 N–H and O–H groups in total. The third-order valence-corrected chi connectivity index (χ3v) is 3.68. The van der Waals surface area contributed by atoms with E-state index in [0.29, 0.717) is 0 Å². The standard InChI is InChI=1S/C21H28O/c1-6-7-8-9-10-13-17(4)21(18(5)22)20-15-12-11-14-19(20)16(2)3/h10-15,22H,2,5-9H2,1,3-4H3/b13-10+,21-17+. The maximum atomic E-state index is 10.1. The van der Waals surface area contributed by atoms with Crippen LogP contribution in [0.2, 0.25) is 0 Å². The Morgan fingerprint density at radius 2 is 1.73 bits per heavy atom. The highest BCUT2D eigenvalue weighted by molar-refractivity contribution is 5.86. The summed E-state index contributed by atoms with van der Waals surface area (Å²) < 4.78 is 0. The van der Waals surface area contributed by atoms with Crippen molar-refractivity contribution in [3.8, 4) is 0 Å². The van der Waals surface area contributed by atoms with Crippen LogP contribution in [0.15, 0.2) is 60.9 Å². The second kappa shape index (κ2) is 9.09. The van der Waals surface area contributed by atoms with Crippen molar-refractivity contribution in [3.63, 3.8) is 0 Å². The van der Waals surface area contributed by atoms with Gasteiger partial charge < -0.3 is 5.11 Å². The van der Waals surface area contributed by atoms with E-state index < -0.39 is 0 Å². The fourth-order valence-corrected chi connectivity index (χ4v) is 2.52. The molecule has 0 bridgehead atoms. The highest BCUT2D eigenvalue weighted by Crippen LogP contribution is 2.30. The summed E-state index contributed by atoms with van der Waals surface area (Å²) >= 11 is 0. The average Bonchev–Trinajstić information content (AvgIpc) is 2.47. The van der Waals surface area contributed by atoms with E-state index in [2.05, 4.69) is 32.2 Å². The molecule has 0 aliphatic heterocycles. The summed E-state index contributed by atoms with van der Waals surface area (Å²) in [5.41, 5.74) is 4.83. The first-order valence-electron chi connectivity index (χ1n) is 8.00. The van der Waals surface area contributed by atoms with E-state index in [-0.39, 0.29) is 5.76 Å². The highest BCUT2D eigenvalue weighted by atomic mass is 16.3. The van der Waals surface area contributed by atoms with Gasteiger partial charge in [0, 0.05) is 5.57 Å². The molecule has 0 aromatic heterocycles. The highest BCUT2D eigenvalue weighted by Gasteiger charge is 2.12. The van der Waals surface area contributed by atoms with Crippen LogP contribution in [0.4, 0.5) is 0 Å². The van der Waals surface area contributed by atoms with Gasteiger partial charge in [0.1, 0.15) is 5.76 Å². The molecule has 0 radical (unpaired) electrons. The van der Waals surface area contributed by atoms with Crippen LogP contribution in [0.3, 0.4) is 0 Å². The monoisotopic (exact) mass is 296 g/mol. The number of aliphatic hydroxyl groups is 1. The second-order valence-electron chi connectivity index (χ2n) is 5.73. The van der Waals surface area contributed by atoms with Gasteiger partial charge in [0.25, 0.3) is 0 Å². The molecule has 0 saturated heterocycles. The second-order valence-corrected chi connectivity index (χ2v) is 5.73. The van der Waals surface area contributed by atoms with E-state index in [1.807, 2.05) is 38.1 Å². The Morgan fingerprint density at radius 1 is 1.09 bits per heavy atom. The van der Waals surface area contributed by atoms with Crippen molar-refractivity contribution in [1.29, 1.82) is 0 Å². The first-order chi connectivity index (χ1) is 10.5. The van der Waals surface area contributed by atoms with Crippen LogP contribution in [0.1, 0.15) is 57.6 Å². The van der Waals surface area contributed by atoms with Crippen molar-refractivity contribution >= 4 is 11.1 Å². The Balaban J connectivity index is 3.15. The molecule has 1 aromatic rings. The summed E-state index contributed by atoms with van der Waals surface area (Å²) in [5.74, 6) is 0.101. The van der Waals surface area contributed by atoms with Gasteiger partial charge in [0.15, 0.2) is 0 Å². The zero-order valence-electron chi connectivity index (χ0n) is 14.2. The van der Waals surface area contributed by atoms with E-state index in [0.717, 1.165) is 34.3 Å². The number of unbranched alkanes of at least 4 members (excludes halogenated alkanes) is 3. The Morgan fingerprint density at radius 3 is 2.27 bits per heavy atom. The molecule has 0 atom stereocenters. The molecule has 0 aliphatic rings. The number of rotatable bonds is 8. The lowest BCUT2D eigenvalue weighted by Gasteiger charge is -2.14. The number of benzene rings is 1. The minimum absolute atomic E-state index is 0.101. The molecule has 22 heavy (non-hydrogen) atoms. The lowest BCUT2D eigenvalue weighted by molar-refractivity contribution is 0.440. The minimum atomic E-state index is 0.101. The van der Waals surface area contributed by atoms with E-state index in [1.165, 1.54) is 19.3 Å². The number of aliphatic hydroxyl groups excluding tert-OH is 1. The maximum absolute atomic E-state index is 10.1. The van der Waals surface area contributed by atoms with Gasteiger partial charge >= 0.3 is 0 Å². The predicted octanol–water partition coefficient (Wildman–Crippen LogP) is 6.70. The molecule has 0 amide bonds. The van der Waals surface area contributed by atoms with Crippen molar-refractivity contribution in [2.75, 3.05) is 0 Å². The van der Waals surface area contributed by atoms with Crippen LogP contribution < -0.4 is 0 Å². The normalized spacial score (nSPS) is 12.3. The fourth-order valence-electron chi connectivity index (χ4n) is 2.52. The Hall–Kier alpha value is -2.02. The Kier molecular flexibility index (Phi) is 7.45. The quantitative estimate of drug-likeness (QED) is 0.321. The fraction of sp³-hybridized carbons (Fsp3) is 0.333. The summed E-state index contributed by atoms with van der Waals surface area (Å²) in [5, 5.41) is 10.1. The van der Waals surface area contributed by atoms with Crippen LogP contribution >= 0.6 is 0 Å². The van der Waals surface area contributed by atoms with Gasteiger partial charge in [-0.1, -0.05) is 74.9 Å². The molecule has 1 rings (SSSR count). The summed E-state index contributed by atoms with van der Waals surface area (Å²) in [4.78, 5) is 0. The molecule has 0 aliphatic carbocycles. The van der Waals surface area contributed by atoms with Crippen LogP contribution in [-0.2, 0) is 0 Å². The zero-order valence-corrected chi connectivity index (χ0v) is 14.2. The van der Waals surface area contributed by atoms with Crippen LogP contribution in [-0.4, -0.2) is 5.11 Å². The smallest absolute Gasteiger partial charge is 0.116 e. The molecule has 0 fully saturated rings. The van der Waals surface area contributed by atoms with Gasteiger partial charge in [0.05, 0.1) is 0 Å². The molecule has 0 spiro atoms. The Labute approximate surface area is 135 Å². The number of hydrogen-bond acceptors (Lipinski definition) is 1. The Bertz CT molecular complexity index is 588. The largest absolute Gasteiger partial charge is 0.508 e. The number of hydrogen-bond donors (Lipinski definition) is 1. The van der Waals surface area contributed by atoms with Crippen LogP contribution in [0.5, 0.6) is 0 Å². The minimum Gasteiger partial charge on any atom is -0.508 e. The molecular formula is C21H28O. The van der Waals surface area contributed by atoms with Gasteiger partial charge in [-0.05, 0) is 43.4 Å². The third kappa shape index (κ3) is 5.07. The average molecular weight is 296 g/mol. The molecular weight excluding hydrogens is 268 g/mol. The molecule has 118 valence electrons. The first kappa shape index (κ1) is 18.0. The lowest BCUT2D eigenvalue weighted by atomic mass is 9.92. The van der Waals surface area contributed by atoms with Crippen LogP contribution in [0, 0.1) is 0 Å². The predicted molar refractivity (Wildman–Crippen MR) is 98.8 cm³/mol. The van der Waals surface area contributed by atoms with Gasteiger partial charge in [-0.2, -0.15) is 0 Å². The summed E-state index contributed by atoms with van der Waals surface area (Å²) in [7, 11) is 0. The molecule has 0 saturated carbocycles. The van der Waals surface area contributed by atoms with Gasteiger partial charge in [-0.25, -0.2) is 0 Å². The zero-order chi connectivity index (χ0) is 16.5. The lowest BCUT2D eigenvalue weighted by Crippen LogP contribution is -1.96. The van der Waals surface area contributed by atoms with Crippen molar-refractivity contribution < 1.29 is 5.11 Å². The van der Waals surface area contributed by atoms with E-state index in [1.54, 1.807) is 0 Å². The third-order valence-electron chi connectivity index (χ3n) is 3.68. The topological polar surface area (TPSA) is 20.2 Å². The molecule has 1 aromatic carbocycles. The van der Waals surface area contributed by atoms with E-state index in [4.69, 9.17) is 0 Å². The van der Waals surface area contributed by atoms with Crippen molar-refractivity contribution in [1.82, 2.24) is 0 Å². The summed E-state index contributed by atoms with van der Waals surface area (Å²) in [6.45, 7) is 14.0. The summed E-state index contributed by atoms with van der Waals surface area (Å²) in [6.07, 6.45) is 9.02. The SMILES string of the molecule is C=C(O)/C(=C(C)\C=C\CCCCC)c1ccccc1C(=C)C. The van der Waals surface area contributed by atoms with Gasteiger partial charge in [-0.3, -0.25) is 0 Å². The molecule has 0 unspecified atom stereocenters. The van der Waals surface area contributed by atoms with Crippen LogP contribution in [0.25, 0.3) is 11.1 Å².